The highest BCUT2D eigenvalue weighted by molar-refractivity contribution is 5.56. The van der Waals surface area contributed by atoms with Crippen molar-refractivity contribution in [3.05, 3.63) is 18.2 Å². The summed E-state index contributed by atoms with van der Waals surface area (Å²) in [6.07, 6.45) is 7.41. The topological polar surface area (TPSA) is 44.5 Å². The lowest BCUT2D eigenvalue weighted by atomic mass is 9.55. The summed E-state index contributed by atoms with van der Waals surface area (Å²) in [7, 11) is 1.64. The molecule has 2 N–H and O–H groups in total. The van der Waals surface area contributed by atoms with E-state index in [1.165, 1.54) is 32.1 Å². The van der Waals surface area contributed by atoms with Gasteiger partial charge in [-0.3, -0.25) is 0 Å². The molecular weight excluding hydrogens is 250 g/mol. The fourth-order valence-corrected chi connectivity index (χ4v) is 5.01. The van der Waals surface area contributed by atoms with Crippen LogP contribution < -0.4 is 15.2 Å². The zero-order valence-electron chi connectivity index (χ0n) is 12.0. The normalized spacial score (nSPS) is 38.0. The zero-order chi connectivity index (χ0) is 13.7. The molecule has 4 aliphatic rings. The van der Waals surface area contributed by atoms with Crippen molar-refractivity contribution in [3.63, 3.8) is 0 Å². The van der Waals surface area contributed by atoms with Crippen molar-refractivity contribution in [2.45, 2.75) is 38.2 Å². The number of ether oxygens (including phenoxy) is 2. The molecule has 3 nitrogen and oxygen atoms in total. The Balaban J connectivity index is 1.53. The molecule has 0 atom stereocenters. The first-order valence-corrected chi connectivity index (χ1v) is 7.83. The van der Waals surface area contributed by atoms with E-state index < -0.39 is 0 Å². The van der Waals surface area contributed by atoms with E-state index >= 15 is 0 Å². The lowest BCUT2D eigenvalue weighted by Gasteiger charge is -2.53. The van der Waals surface area contributed by atoms with Gasteiger partial charge in [-0.15, -0.1) is 0 Å². The second-order valence-electron chi connectivity index (χ2n) is 6.92. The van der Waals surface area contributed by atoms with E-state index in [2.05, 4.69) is 0 Å². The number of benzene rings is 1. The fourth-order valence-electron chi connectivity index (χ4n) is 5.01. The third-order valence-corrected chi connectivity index (χ3v) is 5.61. The van der Waals surface area contributed by atoms with Crippen LogP contribution in [0.3, 0.4) is 0 Å². The predicted molar refractivity (Wildman–Crippen MR) is 78.9 cm³/mol. The van der Waals surface area contributed by atoms with E-state index in [-0.39, 0.29) is 0 Å². The maximum atomic E-state index is 6.34. The van der Waals surface area contributed by atoms with Crippen LogP contribution in [-0.2, 0) is 0 Å². The van der Waals surface area contributed by atoms with Crippen LogP contribution in [0.2, 0.25) is 0 Å². The minimum Gasteiger partial charge on any atom is -0.495 e. The first kappa shape index (κ1) is 12.4. The number of anilines is 1. The number of hydrogen-bond donors (Lipinski definition) is 1. The van der Waals surface area contributed by atoms with Crippen molar-refractivity contribution < 1.29 is 9.47 Å². The first-order chi connectivity index (χ1) is 9.72. The van der Waals surface area contributed by atoms with Crippen LogP contribution in [0.1, 0.15) is 32.1 Å². The molecule has 4 saturated carbocycles. The minimum absolute atomic E-state index is 0.413. The fraction of sp³-hybridized carbons (Fsp3) is 0.647. The summed E-state index contributed by atoms with van der Waals surface area (Å²) in [4.78, 5) is 0. The van der Waals surface area contributed by atoms with Crippen molar-refractivity contribution in [2.75, 3.05) is 12.8 Å². The van der Waals surface area contributed by atoms with Gasteiger partial charge in [0.1, 0.15) is 17.6 Å². The summed E-state index contributed by atoms with van der Waals surface area (Å²) >= 11 is 0. The summed E-state index contributed by atoms with van der Waals surface area (Å²) in [5.74, 6) is 5.14. The highest BCUT2D eigenvalue weighted by Gasteiger charge is 2.49. The molecule has 0 aromatic heterocycles. The SMILES string of the molecule is COc1ccc(OC2C3CC4CC(C3)CC2C4)cc1N. The van der Waals surface area contributed by atoms with Crippen molar-refractivity contribution >= 4 is 5.69 Å². The highest BCUT2D eigenvalue weighted by Crippen LogP contribution is 2.54. The lowest BCUT2D eigenvalue weighted by Crippen LogP contribution is -2.50. The average Bonchev–Trinajstić information content (AvgIpc) is 2.42. The van der Waals surface area contributed by atoms with Gasteiger partial charge in [0.05, 0.1) is 12.8 Å². The smallest absolute Gasteiger partial charge is 0.142 e. The third-order valence-electron chi connectivity index (χ3n) is 5.61. The van der Waals surface area contributed by atoms with Gasteiger partial charge >= 0.3 is 0 Å². The molecule has 3 heteroatoms. The molecule has 0 amide bonds. The van der Waals surface area contributed by atoms with Crippen LogP contribution in [-0.4, -0.2) is 13.2 Å². The van der Waals surface area contributed by atoms with Gasteiger partial charge in [0.25, 0.3) is 0 Å². The molecule has 0 heterocycles. The Kier molecular flexibility index (Phi) is 2.83. The summed E-state index contributed by atoms with van der Waals surface area (Å²) in [5.41, 5.74) is 6.64. The maximum Gasteiger partial charge on any atom is 0.142 e. The van der Waals surface area contributed by atoms with Gasteiger partial charge < -0.3 is 15.2 Å². The Morgan fingerprint density at radius 2 is 1.65 bits per heavy atom. The number of rotatable bonds is 3. The van der Waals surface area contributed by atoms with Gasteiger partial charge in [-0.25, -0.2) is 0 Å². The quantitative estimate of drug-likeness (QED) is 0.857. The molecule has 0 saturated heterocycles. The molecule has 4 fully saturated rings. The number of methoxy groups -OCH3 is 1. The number of hydrogen-bond acceptors (Lipinski definition) is 3. The Labute approximate surface area is 120 Å². The Hall–Kier alpha value is -1.38. The molecule has 108 valence electrons. The van der Waals surface area contributed by atoms with E-state index in [0.717, 1.165) is 35.2 Å². The zero-order valence-corrected chi connectivity index (χ0v) is 12.0. The van der Waals surface area contributed by atoms with Crippen molar-refractivity contribution in [1.82, 2.24) is 0 Å². The lowest BCUT2D eigenvalue weighted by molar-refractivity contribution is -0.0789. The van der Waals surface area contributed by atoms with E-state index in [0.29, 0.717) is 11.8 Å². The van der Waals surface area contributed by atoms with Crippen LogP contribution in [0.15, 0.2) is 18.2 Å². The maximum absolute atomic E-state index is 6.34. The van der Waals surface area contributed by atoms with Crippen molar-refractivity contribution in [1.29, 1.82) is 0 Å². The Morgan fingerprint density at radius 3 is 2.20 bits per heavy atom. The van der Waals surface area contributed by atoms with E-state index in [1.54, 1.807) is 7.11 Å². The molecule has 20 heavy (non-hydrogen) atoms. The molecule has 4 bridgehead atoms. The molecule has 0 unspecified atom stereocenters. The monoisotopic (exact) mass is 273 g/mol. The van der Waals surface area contributed by atoms with E-state index in [9.17, 15) is 0 Å². The van der Waals surface area contributed by atoms with Crippen LogP contribution in [0.5, 0.6) is 11.5 Å². The minimum atomic E-state index is 0.413. The van der Waals surface area contributed by atoms with Crippen LogP contribution in [0.4, 0.5) is 5.69 Å². The summed E-state index contributed by atoms with van der Waals surface area (Å²) in [6.45, 7) is 0. The van der Waals surface area contributed by atoms with Gasteiger partial charge in [0, 0.05) is 6.07 Å². The summed E-state index contributed by atoms with van der Waals surface area (Å²) in [6, 6.07) is 5.80. The van der Waals surface area contributed by atoms with Gasteiger partial charge in [-0.2, -0.15) is 0 Å². The van der Waals surface area contributed by atoms with Crippen molar-refractivity contribution in [3.8, 4) is 11.5 Å². The molecule has 1 aromatic rings. The third kappa shape index (κ3) is 1.95. The molecule has 0 spiro atoms. The standard InChI is InChI=1S/C17H23NO2/c1-19-16-3-2-14(9-15(16)18)20-17-12-5-10-4-11(7-12)8-13(17)6-10/h2-3,9-13,17H,4-8,18H2,1H3. The second-order valence-corrected chi connectivity index (χ2v) is 6.92. The van der Waals surface area contributed by atoms with Gasteiger partial charge in [0.2, 0.25) is 0 Å². The van der Waals surface area contributed by atoms with Crippen LogP contribution in [0.25, 0.3) is 0 Å². The second kappa shape index (κ2) is 4.57. The number of nitrogen functional groups attached to an aromatic ring is 1. The van der Waals surface area contributed by atoms with Crippen LogP contribution in [0, 0.1) is 23.7 Å². The van der Waals surface area contributed by atoms with E-state index in [1.807, 2.05) is 18.2 Å². The summed E-state index contributed by atoms with van der Waals surface area (Å²) in [5, 5.41) is 0. The molecule has 4 aliphatic carbocycles. The van der Waals surface area contributed by atoms with Gasteiger partial charge in [0.15, 0.2) is 0 Å². The molecule has 0 aliphatic heterocycles. The number of nitrogens with two attached hydrogens (primary N) is 1. The van der Waals surface area contributed by atoms with Gasteiger partial charge in [-0.1, -0.05) is 0 Å². The highest BCUT2D eigenvalue weighted by atomic mass is 16.5. The molecule has 5 rings (SSSR count). The average molecular weight is 273 g/mol. The van der Waals surface area contributed by atoms with E-state index in [4.69, 9.17) is 15.2 Å². The Morgan fingerprint density at radius 1 is 1.00 bits per heavy atom. The predicted octanol–water partition coefficient (Wildman–Crippen LogP) is 3.48. The molecular formula is C17H23NO2. The van der Waals surface area contributed by atoms with Crippen LogP contribution >= 0.6 is 0 Å². The Bertz CT molecular complexity index is 486. The molecule has 0 radical (unpaired) electrons. The molecule has 1 aromatic carbocycles. The largest absolute Gasteiger partial charge is 0.495 e. The van der Waals surface area contributed by atoms with Gasteiger partial charge in [-0.05, 0) is 67.9 Å². The van der Waals surface area contributed by atoms with Crippen molar-refractivity contribution in [2.24, 2.45) is 23.7 Å². The summed E-state index contributed by atoms with van der Waals surface area (Å²) < 4.78 is 11.5. The first-order valence-electron chi connectivity index (χ1n) is 7.83.